The first-order valence-corrected chi connectivity index (χ1v) is 8.94. The molecule has 0 radical (unpaired) electrons. The Morgan fingerprint density at radius 3 is 2.59 bits per heavy atom. The van der Waals surface area contributed by atoms with Crippen molar-refractivity contribution in [1.29, 1.82) is 0 Å². The van der Waals surface area contributed by atoms with E-state index in [2.05, 4.69) is 4.90 Å². The minimum Gasteiger partial charge on any atom is -0.497 e. The van der Waals surface area contributed by atoms with E-state index < -0.39 is 0 Å². The molecule has 0 aromatic heterocycles. The second kappa shape index (κ2) is 6.82. The molecule has 1 unspecified atom stereocenters. The minimum absolute atomic E-state index is 0.0423. The normalized spacial score (nSPS) is 22.9. The zero-order chi connectivity index (χ0) is 15.5. The fraction of sp³-hybridized carbons (Fsp3) is 0.588. The predicted octanol–water partition coefficient (Wildman–Crippen LogP) is 3.61. The summed E-state index contributed by atoms with van der Waals surface area (Å²) in [6, 6.07) is 6.20. The average Bonchev–Trinajstić information content (AvgIpc) is 2.96. The van der Waals surface area contributed by atoms with Crippen LogP contribution in [0.4, 0.5) is 0 Å². The molecule has 1 amide bonds. The minimum atomic E-state index is 0.0423. The van der Waals surface area contributed by atoms with Gasteiger partial charge in [-0.2, -0.15) is 0 Å². The molecule has 1 atom stereocenters. The molecular formula is C17H23NO3S. The fourth-order valence-electron chi connectivity index (χ4n) is 3.46. The Morgan fingerprint density at radius 1 is 1.14 bits per heavy atom. The van der Waals surface area contributed by atoms with Gasteiger partial charge >= 0.3 is 0 Å². The molecule has 2 aliphatic rings. The Hall–Kier alpha value is -1.36. The first kappa shape index (κ1) is 15.5. The van der Waals surface area contributed by atoms with E-state index in [9.17, 15) is 4.79 Å². The van der Waals surface area contributed by atoms with Gasteiger partial charge in [0, 0.05) is 11.6 Å². The number of hydrogen-bond donors (Lipinski definition) is 0. The SMILES string of the molecule is COc1ccc(OC)c(C2SCC(=O)N2C2CCCCC2)c1. The lowest BCUT2D eigenvalue weighted by Gasteiger charge is -2.35. The van der Waals surface area contributed by atoms with Crippen LogP contribution in [0.5, 0.6) is 11.5 Å². The largest absolute Gasteiger partial charge is 0.497 e. The number of ether oxygens (including phenoxy) is 2. The van der Waals surface area contributed by atoms with Crippen LogP contribution in [0.2, 0.25) is 0 Å². The zero-order valence-electron chi connectivity index (χ0n) is 13.2. The van der Waals surface area contributed by atoms with Gasteiger partial charge in [-0.05, 0) is 31.0 Å². The Labute approximate surface area is 136 Å². The van der Waals surface area contributed by atoms with Gasteiger partial charge in [-0.3, -0.25) is 4.79 Å². The van der Waals surface area contributed by atoms with E-state index in [1.54, 1.807) is 26.0 Å². The smallest absolute Gasteiger partial charge is 0.234 e. The van der Waals surface area contributed by atoms with E-state index in [1.807, 2.05) is 18.2 Å². The standard InChI is InChI=1S/C17H23NO3S/c1-20-13-8-9-15(21-2)14(10-13)17-18(16(19)11-22-17)12-6-4-3-5-7-12/h8-10,12,17H,3-7,11H2,1-2H3. The molecule has 120 valence electrons. The molecule has 1 aromatic carbocycles. The third kappa shape index (κ3) is 2.91. The maximum absolute atomic E-state index is 12.4. The highest BCUT2D eigenvalue weighted by molar-refractivity contribution is 8.00. The van der Waals surface area contributed by atoms with Gasteiger partial charge in [-0.1, -0.05) is 19.3 Å². The van der Waals surface area contributed by atoms with Crippen LogP contribution in [0.1, 0.15) is 43.0 Å². The Balaban J connectivity index is 1.93. The second-order valence-corrected chi connectivity index (χ2v) is 6.93. The van der Waals surface area contributed by atoms with Crippen LogP contribution in [-0.4, -0.2) is 36.8 Å². The molecule has 1 aromatic rings. The quantitative estimate of drug-likeness (QED) is 0.849. The van der Waals surface area contributed by atoms with Crippen LogP contribution in [0, 0.1) is 0 Å². The lowest BCUT2D eigenvalue weighted by atomic mass is 9.93. The maximum atomic E-state index is 12.4. The molecule has 4 nitrogen and oxygen atoms in total. The van der Waals surface area contributed by atoms with Crippen LogP contribution in [0.3, 0.4) is 0 Å². The number of nitrogens with zero attached hydrogens (tertiary/aromatic N) is 1. The molecule has 1 saturated carbocycles. The predicted molar refractivity (Wildman–Crippen MR) is 88.5 cm³/mol. The molecule has 1 saturated heterocycles. The van der Waals surface area contributed by atoms with E-state index in [4.69, 9.17) is 9.47 Å². The number of methoxy groups -OCH3 is 2. The van der Waals surface area contributed by atoms with Gasteiger partial charge in [-0.25, -0.2) is 0 Å². The van der Waals surface area contributed by atoms with Crippen LogP contribution in [0.15, 0.2) is 18.2 Å². The lowest BCUT2D eigenvalue weighted by Crippen LogP contribution is -2.39. The van der Waals surface area contributed by atoms with E-state index in [0.717, 1.165) is 29.9 Å². The van der Waals surface area contributed by atoms with E-state index >= 15 is 0 Å². The summed E-state index contributed by atoms with van der Waals surface area (Å²) < 4.78 is 10.9. The summed E-state index contributed by atoms with van der Waals surface area (Å²) in [7, 11) is 3.34. The highest BCUT2D eigenvalue weighted by Crippen LogP contribution is 2.46. The molecule has 1 aliphatic heterocycles. The molecule has 0 spiro atoms. The maximum Gasteiger partial charge on any atom is 0.234 e. The van der Waals surface area contributed by atoms with Crippen molar-refractivity contribution < 1.29 is 14.3 Å². The monoisotopic (exact) mass is 321 g/mol. The van der Waals surface area contributed by atoms with Gasteiger partial charge in [0.05, 0.1) is 20.0 Å². The molecule has 1 aliphatic carbocycles. The highest BCUT2D eigenvalue weighted by Gasteiger charge is 2.39. The van der Waals surface area contributed by atoms with Crippen molar-refractivity contribution in [3.8, 4) is 11.5 Å². The van der Waals surface area contributed by atoms with Crippen molar-refractivity contribution in [3.05, 3.63) is 23.8 Å². The summed E-state index contributed by atoms with van der Waals surface area (Å²) in [5, 5.41) is 0.0423. The molecule has 3 rings (SSSR count). The summed E-state index contributed by atoms with van der Waals surface area (Å²) >= 11 is 1.69. The number of benzene rings is 1. The van der Waals surface area contributed by atoms with Gasteiger partial charge < -0.3 is 14.4 Å². The zero-order valence-corrected chi connectivity index (χ0v) is 14.0. The van der Waals surface area contributed by atoms with Gasteiger partial charge in [0.1, 0.15) is 16.9 Å². The molecule has 0 N–H and O–H groups in total. The third-order valence-electron chi connectivity index (χ3n) is 4.58. The number of carbonyl (C=O) groups is 1. The number of carbonyl (C=O) groups excluding carboxylic acids is 1. The van der Waals surface area contributed by atoms with Crippen molar-refractivity contribution in [2.75, 3.05) is 20.0 Å². The first-order valence-electron chi connectivity index (χ1n) is 7.89. The summed E-state index contributed by atoms with van der Waals surface area (Å²) in [4.78, 5) is 14.5. The third-order valence-corrected chi connectivity index (χ3v) is 5.79. The first-order chi connectivity index (χ1) is 10.7. The van der Waals surface area contributed by atoms with Crippen LogP contribution in [-0.2, 0) is 4.79 Å². The lowest BCUT2D eigenvalue weighted by molar-refractivity contribution is -0.131. The summed E-state index contributed by atoms with van der Waals surface area (Å²) in [6.45, 7) is 0. The van der Waals surface area contributed by atoms with Gasteiger partial charge in [-0.15, -0.1) is 11.8 Å². The summed E-state index contributed by atoms with van der Waals surface area (Å²) in [5.41, 5.74) is 1.04. The van der Waals surface area contributed by atoms with E-state index in [-0.39, 0.29) is 11.3 Å². The number of amides is 1. The molecule has 2 fully saturated rings. The Morgan fingerprint density at radius 2 is 1.91 bits per heavy atom. The van der Waals surface area contributed by atoms with Crippen molar-refractivity contribution in [2.24, 2.45) is 0 Å². The number of hydrogen-bond acceptors (Lipinski definition) is 4. The van der Waals surface area contributed by atoms with E-state index in [0.29, 0.717) is 11.8 Å². The highest BCUT2D eigenvalue weighted by atomic mass is 32.2. The van der Waals surface area contributed by atoms with Crippen molar-refractivity contribution >= 4 is 17.7 Å². The average molecular weight is 321 g/mol. The van der Waals surface area contributed by atoms with Crippen molar-refractivity contribution in [1.82, 2.24) is 4.90 Å². The summed E-state index contributed by atoms with van der Waals surface area (Å²) in [5.74, 6) is 2.45. The fourth-order valence-corrected chi connectivity index (χ4v) is 4.73. The van der Waals surface area contributed by atoms with E-state index in [1.165, 1.54) is 19.3 Å². The van der Waals surface area contributed by atoms with Crippen LogP contribution >= 0.6 is 11.8 Å². The number of thioether (sulfide) groups is 1. The second-order valence-electron chi connectivity index (χ2n) is 5.86. The molecule has 22 heavy (non-hydrogen) atoms. The van der Waals surface area contributed by atoms with Gasteiger partial charge in [0.15, 0.2) is 0 Å². The Kier molecular flexibility index (Phi) is 4.81. The van der Waals surface area contributed by atoms with Crippen LogP contribution < -0.4 is 9.47 Å². The molecule has 5 heteroatoms. The molecular weight excluding hydrogens is 298 g/mol. The van der Waals surface area contributed by atoms with Gasteiger partial charge in [0.2, 0.25) is 5.91 Å². The van der Waals surface area contributed by atoms with Gasteiger partial charge in [0.25, 0.3) is 0 Å². The molecule has 1 heterocycles. The van der Waals surface area contributed by atoms with Crippen molar-refractivity contribution in [2.45, 2.75) is 43.5 Å². The number of rotatable bonds is 4. The van der Waals surface area contributed by atoms with Crippen molar-refractivity contribution in [3.63, 3.8) is 0 Å². The molecule has 0 bridgehead atoms. The van der Waals surface area contributed by atoms with Crippen LogP contribution in [0.25, 0.3) is 0 Å². The Bertz CT molecular complexity index is 543. The summed E-state index contributed by atoms with van der Waals surface area (Å²) in [6.07, 6.45) is 5.98. The topological polar surface area (TPSA) is 38.8 Å².